The van der Waals surface area contributed by atoms with Crippen LogP contribution >= 0.6 is 0 Å². The van der Waals surface area contributed by atoms with Crippen LogP contribution in [0.5, 0.6) is 5.75 Å². The van der Waals surface area contributed by atoms with E-state index in [1.54, 1.807) is 0 Å². The number of rotatable bonds is 0. The maximum Gasteiger partial charge on any atom is 0.167 e. The lowest BCUT2D eigenvalue weighted by atomic mass is 9.76. The summed E-state index contributed by atoms with van der Waals surface area (Å²) in [5.41, 5.74) is 3.55. The van der Waals surface area contributed by atoms with E-state index in [0.29, 0.717) is 12.0 Å². The molecule has 0 radical (unpaired) electrons. The molecule has 2 nitrogen and oxygen atoms in total. The Balaban J connectivity index is 2.82. The summed E-state index contributed by atoms with van der Waals surface area (Å²) in [4.78, 5) is 12.1. The molecule has 0 spiro atoms. The lowest BCUT2D eigenvalue weighted by Crippen LogP contribution is -2.19. The first-order valence-electron chi connectivity index (χ1n) is 6.96. The van der Waals surface area contributed by atoms with Gasteiger partial charge in [0, 0.05) is 12.0 Å². The predicted molar refractivity (Wildman–Crippen MR) is 78.2 cm³/mol. The van der Waals surface area contributed by atoms with Crippen LogP contribution in [0.4, 0.5) is 0 Å². The lowest BCUT2D eigenvalue weighted by Gasteiger charge is -2.28. The van der Waals surface area contributed by atoms with Crippen molar-refractivity contribution in [1.29, 1.82) is 0 Å². The van der Waals surface area contributed by atoms with E-state index in [4.69, 9.17) is 0 Å². The van der Waals surface area contributed by atoms with Gasteiger partial charge in [-0.1, -0.05) is 47.6 Å². The van der Waals surface area contributed by atoms with Crippen LogP contribution in [-0.4, -0.2) is 10.9 Å². The van der Waals surface area contributed by atoms with Crippen LogP contribution in [0.2, 0.25) is 0 Å². The number of Topliss-reactive ketones (excluding diaryl/α,β-unsaturated/α-hetero) is 1. The number of carbonyl (C=O) groups is 1. The topological polar surface area (TPSA) is 37.3 Å². The molecule has 0 saturated carbocycles. The minimum absolute atomic E-state index is 0.0115. The van der Waals surface area contributed by atoms with Crippen LogP contribution in [0, 0.1) is 0 Å². The van der Waals surface area contributed by atoms with Crippen molar-refractivity contribution in [3.63, 3.8) is 0 Å². The number of hydrogen-bond acceptors (Lipinski definition) is 2. The number of hydrogen-bond donors (Lipinski definition) is 1. The number of fused-ring (bicyclic) bond motifs is 1. The molecule has 0 aromatic heterocycles. The minimum Gasteiger partial charge on any atom is -0.507 e. The van der Waals surface area contributed by atoms with Crippen molar-refractivity contribution in [1.82, 2.24) is 0 Å². The maximum atomic E-state index is 12.1. The van der Waals surface area contributed by atoms with Crippen LogP contribution < -0.4 is 0 Å². The Kier molecular flexibility index (Phi) is 3.04. The Morgan fingerprint density at radius 3 is 1.95 bits per heavy atom. The number of benzene rings is 1. The molecule has 0 bridgehead atoms. The van der Waals surface area contributed by atoms with Gasteiger partial charge in [-0.15, -0.1) is 0 Å². The Bertz CT molecular complexity index is 540. The molecular weight excluding hydrogens is 236 g/mol. The third-order valence-electron chi connectivity index (χ3n) is 3.90. The lowest BCUT2D eigenvalue weighted by molar-refractivity contribution is 0.0992. The molecule has 0 saturated heterocycles. The monoisotopic (exact) mass is 260 g/mol. The zero-order valence-electron chi connectivity index (χ0n) is 12.8. The van der Waals surface area contributed by atoms with Gasteiger partial charge >= 0.3 is 0 Å². The predicted octanol–water partition coefficient (Wildman–Crippen LogP) is 4.12. The van der Waals surface area contributed by atoms with Gasteiger partial charge in [0.25, 0.3) is 0 Å². The first kappa shape index (κ1) is 14.1. The second-order valence-electron chi connectivity index (χ2n) is 7.60. The van der Waals surface area contributed by atoms with Crippen molar-refractivity contribution in [2.24, 2.45) is 0 Å². The van der Waals surface area contributed by atoms with Gasteiger partial charge in [0.2, 0.25) is 0 Å². The quantitative estimate of drug-likeness (QED) is 0.762. The molecule has 0 atom stereocenters. The fraction of sp³-hybridized carbons (Fsp3) is 0.588. The summed E-state index contributed by atoms with van der Waals surface area (Å²) in [5.74, 6) is 0.294. The van der Waals surface area contributed by atoms with Gasteiger partial charge in [-0.05, 0) is 28.4 Å². The number of ketones is 1. The molecule has 1 aliphatic rings. The standard InChI is InChI=1S/C17H24O2/c1-16(2,3)11-9-12(17(4,5)6)15(19)14-10(11)7-8-13(14)18/h9,19H,7-8H2,1-6H3. The molecule has 0 fully saturated rings. The largest absolute Gasteiger partial charge is 0.507 e. The fourth-order valence-corrected chi connectivity index (χ4v) is 2.88. The van der Waals surface area contributed by atoms with E-state index < -0.39 is 0 Å². The molecule has 2 heteroatoms. The van der Waals surface area contributed by atoms with E-state index >= 15 is 0 Å². The second kappa shape index (κ2) is 4.09. The molecule has 1 aromatic carbocycles. The molecule has 104 valence electrons. The number of phenols is 1. The summed E-state index contributed by atoms with van der Waals surface area (Å²) in [7, 11) is 0. The molecule has 0 amide bonds. The van der Waals surface area contributed by atoms with Gasteiger partial charge in [-0.2, -0.15) is 0 Å². The zero-order valence-corrected chi connectivity index (χ0v) is 12.8. The first-order valence-corrected chi connectivity index (χ1v) is 6.96. The minimum atomic E-state index is -0.165. The summed E-state index contributed by atoms with van der Waals surface area (Å²) in [6.07, 6.45) is 1.29. The highest BCUT2D eigenvalue weighted by atomic mass is 16.3. The van der Waals surface area contributed by atoms with Crippen molar-refractivity contribution >= 4 is 5.78 Å². The molecule has 0 unspecified atom stereocenters. The van der Waals surface area contributed by atoms with Gasteiger partial charge < -0.3 is 5.11 Å². The van der Waals surface area contributed by atoms with E-state index in [1.807, 2.05) is 0 Å². The summed E-state index contributed by atoms with van der Waals surface area (Å²) < 4.78 is 0. The van der Waals surface area contributed by atoms with Gasteiger partial charge in [-0.3, -0.25) is 4.79 Å². The van der Waals surface area contributed by atoms with Crippen molar-refractivity contribution < 1.29 is 9.90 Å². The summed E-state index contributed by atoms with van der Waals surface area (Å²) in [6, 6.07) is 2.10. The van der Waals surface area contributed by atoms with Crippen LogP contribution in [0.25, 0.3) is 0 Å². The summed E-state index contributed by atoms with van der Waals surface area (Å²) in [6.45, 7) is 12.7. The van der Waals surface area contributed by atoms with Crippen molar-refractivity contribution in [2.45, 2.75) is 65.2 Å². The van der Waals surface area contributed by atoms with E-state index in [-0.39, 0.29) is 22.4 Å². The average Bonchev–Trinajstić information content (AvgIpc) is 2.58. The van der Waals surface area contributed by atoms with Gasteiger partial charge in [-0.25, -0.2) is 0 Å². The third-order valence-corrected chi connectivity index (χ3v) is 3.90. The van der Waals surface area contributed by atoms with Crippen LogP contribution in [0.3, 0.4) is 0 Å². The number of aromatic hydroxyl groups is 1. The third kappa shape index (κ3) is 2.29. The van der Waals surface area contributed by atoms with Crippen molar-refractivity contribution in [3.8, 4) is 5.75 Å². The molecule has 0 heterocycles. The van der Waals surface area contributed by atoms with E-state index in [1.165, 1.54) is 5.56 Å². The van der Waals surface area contributed by atoms with Crippen LogP contribution in [0.1, 0.15) is 75.0 Å². The molecule has 19 heavy (non-hydrogen) atoms. The van der Waals surface area contributed by atoms with Crippen LogP contribution in [0.15, 0.2) is 6.07 Å². The zero-order chi connectivity index (χ0) is 14.6. The Hall–Kier alpha value is -1.31. The SMILES string of the molecule is CC(C)(C)c1cc(C(C)(C)C)c2c(c1O)C(=O)CC2. The fourth-order valence-electron chi connectivity index (χ4n) is 2.88. The van der Waals surface area contributed by atoms with Gasteiger partial charge in [0.05, 0.1) is 5.56 Å². The van der Waals surface area contributed by atoms with E-state index in [0.717, 1.165) is 17.5 Å². The van der Waals surface area contributed by atoms with Crippen molar-refractivity contribution in [3.05, 3.63) is 28.3 Å². The van der Waals surface area contributed by atoms with E-state index in [2.05, 4.69) is 47.6 Å². The first-order chi connectivity index (χ1) is 8.53. The van der Waals surface area contributed by atoms with Crippen LogP contribution in [-0.2, 0) is 17.3 Å². The smallest absolute Gasteiger partial charge is 0.167 e. The highest BCUT2D eigenvalue weighted by Crippen LogP contribution is 2.43. The molecule has 1 N–H and O–H groups in total. The normalized spacial score (nSPS) is 15.8. The van der Waals surface area contributed by atoms with Gasteiger partial charge in [0.1, 0.15) is 5.75 Å². The summed E-state index contributed by atoms with van der Waals surface area (Å²) >= 11 is 0. The highest BCUT2D eigenvalue weighted by Gasteiger charge is 2.34. The Labute approximate surface area is 115 Å². The summed E-state index contributed by atoms with van der Waals surface area (Å²) in [5, 5.41) is 10.5. The maximum absolute atomic E-state index is 12.1. The molecule has 2 rings (SSSR count). The van der Waals surface area contributed by atoms with Gasteiger partial charge in [0.15, 0.2) is 5.78 Å². The average molecular weight is 260 g/mol. The molecule has 1 aliphatic carbocycles. The number of carbonyl (C=O) groups excluding carboxylic acids is 1. The van der Waals surface area contributed by atoms with Crippen molar-refractivity contribution in [2.75, 3.05) is 0 Å². The molecule has 1 aromatic rings. The Morgan fingerprint density at radius 2 is 1.47 bits per heavy atom. The highest BCUT2D eigenvalue weighted by molar-refractivity contribution is 6.03. The van der Waals surface area contributed by atoms with E-state index in [9.17, 15) is 9.90 Å². The second-order valence-corrected chi connectivity index (χ2v) is 7.60. The number of phenolic OH excluding ortho intramolecular Hbond substituents is 1. The Morgan fingerprint density at radius 1 is 0.947 bits per heavy atom. The molecule has 0 aliphatic heterocycles. The molecular formula is C17H24O2.